The minimum atomic E-state index is -0.607. The second-order valence-corrected chi connectivity index (χ2v) is 5.99. The molecule has 1 aliphatic heterocycles. The van der Waals surface area contributed by atoms with Crippen molar-refractivity contribution >= 4 is 29.1 Å². The van der Waals surface area contributed by atoms with Crippen LogP contribution < -0.4 is 10.6 Å². The normalized spacial score (nSPS) is 14.5. The third kappa shape index (κ3) is 3.49. The molecule has 1 aromatic heterocycles. The number of anilines is 1. The fourth-order valence-electron chi connectivity index (χ4n) is 2.69. The first-order chi connectivity index (χ1) is 11.5. The number of primary amides is 1. The Hall–Kier alpha value is -2.60. The van der Waals surface area contributed by atoms with E-state index in [1.54, 1.807) is 11.0 Å². The molecule has 2 heterocycles. The maximum Gasteiger partial charge on any atom is 0.267 e. The van der Waals surface area contributed by atoms with Crippen LogP contribution in [0.15, 0.2) is 42.6 Å². The van der Waals surface area contributed by atoms with E-state index in [4.69, 9.17) is 17.3 Å². The highest BCUT2D eigenvalue weighted by molar-refractivity contribution is 6.30. The minimum absolute atomic E-state index is 0.0933. The predicted molar refractivity (Wildman–Crippen MR) is 92.3 cm³/mol. The van der Waals surface area contributed by atoms with Crippen LogP contribution in [0, 0.1) is 0 Å². The summed E-state index contributed by atoms with van der Waals surface area (Å²) < 4.78 is 0. The maximum absolute atomic E-state index is 12.5. The first-order valence-electron chi connectivity index (χ1n) is 7.60. The number of piperazine rings is 1. The molecule has 0 aliphatic carbocycles. The van der Waals surface area contributed by atoms with Gasteiger partial charge in [0.25, 0.3) is 11.8 Å². The Labute approximate surface area is 144 Å². The second kappa shape index (κ2) is 6.88. The monoisotopic (exact) mass is 344 g/mol. The van der Waals surface area contributed by atoms with E-state index in [1.165, 1.54) is 12.3 Å². The molecule has 124 valence electrons. The van der Waals surface area contributed by atoms with Crippen molar-refractivity contribution in [3.63, 3.8) is 0 Å². The lowest BCUT2D eigenvalue weighted by atomic mass is 10.2. The number of carbonyl (C=O) groups is 2. The van der Waals surface area contributed by atoms with E-state index in [-0.39, 0.29) is 11.6 Å². The average Bonchev–Trinajstić information content (AvgIpc) is 2.61. The molecule has 2 N–H and O–H groups in total. The fourth-order valence-corrected chi connectivity index (χ4v) is 2.87. The van der Waals surface area contributed by atoms with Crippen LogP contribution in [-0.4, -0.2) is 47.9 Å². The van der Waals surface area contributed by atoms with Crippen LogP contribution in [0.2, 0.25) is 5.02 Å². The van der Waals surface area contributed by atoms with E-state index < -0.39 is 5.91 Å². The summed E-state index contributed by atoms with van der Waals surface area (Å²) in [6, 6.07) is 10.7. The molecule has 1 aliphatic rings. The lowest BCUT2D eigenvalue weighted by Gasteiger charge is -2.36. The minimum Gasteiger partial charge on any atom is -0.368 e. The highest BCUT2D eigenvalue weighted by atomic mass is 35.5. The zero-order valence-corrected chi connectivity index (χ0v) is 13.7. The Morgan fingerprint density at radius 2 is 1.83 bits per heavy atom. The molecule has 2 amide bonds. The van der Waals surface area contributed by atoms with Crippen molar-refractivity contribution in [2.75, 3.05) is 31.1 Å². The molecule has 7 heteroatoms. The number of hydrogen-bond donors (Lipinski definition) is 1. The maximum atomic E-state index is 12.5. The molecular formula is C17H17ClN4O2. The van der Waals surface area contributed by atoms with Crippen LogP contribution in [0.4, 0.5) is 5.69 Å². The molecule has 6 nitrogen and oxygen atoms in total. The Morgan fingerprint density at radius 1 is 1.08 bits per heavy atom. The van der Waals surface area contributed by atoms with E-state index in [0.29, 0.717) is 23.7 Å². The standard InChI is InChI=1S/C17H17ClN4O2/c18-13-2-1-3-14(10-13)21-6-8-22(9-7-21)17(24)12-4-5-15(16(19)23)20-11-12/h1-5,10-11H,6-9H2,(H2,19,23). The molecule has 1 aromatic carbocycles. The summed E-state index contributed by atoms with van der Waals surface area (Å²) in [4.78, 5) is 31.4. The number of carbonyl (C=O) groups excluding carboxylic acids is 2. The molecule has 0 saturated carbocycles. The van der Waals surface area contributed by atoms with Crippen LogP contribution >= 0.6 is 11.6 Å². The summed E-state index contributed by atoms with van der Waals surface area (Å²) in [6.45, 7) is 2.70. The van der Waals surface area contributed by atoms with E-state index in [2.05, 4.69) is 9.88 Å². The summed E-state index contributed by atoms with van der Waals surface area (Å²) in [7, 11) is 0. The summed E-state index contributed by atoms with van der Waals surface area (Å²) in [5.74, 6) is -0.701. The van der Waals surface area contributed by atoms with Crippen molar-refractivity contribution < 1.29 is 9.59 Å². The number of pyridine rings is 1. The van der Waals surface area contributed by atoms with Gasteiger partial charge in [-0.15, -0.1) is 0 Å². The van der Waals surface area contributed by atoms with E-state index in [9.17, 15) is 9.59 Å². The van der Waals surface area contributed by atoms with Gasteiger partial charge in [-0.05, 0) is 30.3 Å². The number of hydrogen-bond acceptors (Lipinski definition) is 4. The zero-order chi connectivity index (χ0) is 17.1. The Balaban J connectivity index is 1.63. The summed E-state index contributed by atoms with van der Waals surface area (Å²) in [6.07, 6.45) is 1.39. The smallest absolute Gasteiger partial charge is 0.267 e. The number of aromatic nitrogens is 1. The summed E-state index contributed by atoms with van der Waals surface area (Å²) >= 11 is 6.03. The van der Waals surface area contributed by atoms with Gasteiger partial charge in [0.2, 0.25) is 0 Å². The van der Waals surface area contributed by atoms with Crippen molar-refractivity contribution in [3.8, 4) is 0 Å². The molecular weight excluding hydrogens is 328 g/mol. The topological polar surface area (TPSA) is 79.5 Å². The van der Waals surface area contributed by atoms with Gasteiger partial charge in [-0.1, -0.05) is 17.7 Å². The van der Waals surface area contributed by atoms with Gasteiger partial charge in [-0.25, -0.2) is 0 Å². The van der Waals surface area contributed by atoms with E-state index in [1.807, 2.05) is 24.3 Å². The van der Waals surface area contributed by atoms with Gasteiger partial charge < -0.3 is 15.5 Å². The Bertz CT molecular complexity index is 755. The van der Waals surface area contributed by atoms with E-state index >= 15 is 0 Å². The highest BCUT2D eigenvalue weighted by Gasteiger charge is 2.22. The molecule has 0 unspecified atom stereocenters. The van der Waals surface area contributed by atoms with Crippen molar-refractivity contribution in [3.05, 3.63) is 58.9 Å². The number of halogens is 1. The van der Waals surface area contributed by atoms with Crippen molar-refractivity contribution in [1.82, 2.24) is 9.88 Å². The van der Waals surface area contributed by atoms with Gasteiger partial charge in [-0.3, -0.25) is 14.6 Å². The lowest BCUT2D eigenvalue weighted by molar-refractivity contribution is 0.0745. The van der Waals surface area contributed by atoms with Gasteiger partial charge in [0.15, 0.2) is 0 Å². The van der Waals surface area contributed by atoms with Crippen LogP contribution in [-0.2, 0) is 0 Å². The van der Waals surface area contributed by atoms with Crippen LogP contribution in [0.1, 0.15) is 20.8 Å². The summed E-state index contributed by atoms with van der Waals surface area (Å²) in [5.41, 5.74) is 6.81. The number of benzene rings is 1. The van der Waals surface area contributed by atoms with Crippen molar-refractivity contribution in [2.24, 2.45) is 5.73 Å². The largest absolute Gasteiger partial charge is 0.368 e. The molecule has 0 bridgehead atoms. The molecule has 3 rings (SSSR count). The third-order valence-electron chi connectivity index (χ3n) is 4.00. The molecule has 1 saturated heterocycles. The predicted octanol–water partition coefficient (Wildman–Crippen LogP) is 1.80. The fraction of sp³-hybridized carbons (Fsp3) is 0.235. The van der Waals surface area contributed by atoms with Crippen molar-refractivity contribution in [2.45, 2.75) is 0 Å². The SMILES string of the molecule is NC(=O)c1ccc(C(=O)N2CCN(c3cccc(Cl)c3)CC2)cn1. The van der Waals surface area contributed by atoms with Gasteiger partial charge >= 0.3 is 0 Å². The van der Waals surface area contributed by atoms with Gasteiger partial charge in [0, 0.05) is 43.1 Å². The van der Waals surface area contributed by atoms with E-state index in [0.717, 1.165) is 18.8 Å². The molecule has 0 atom stereocenters. The number of amides is 2. The van der Waals surface area contributed by atoms with Gasteiger partial charge in [0.1, 0.15) is 5.69 Å². The molecule has 24 heavy (non-hydrogen) atoms. The van der Waals surface area contributed by atoms with Crippen molar-refractivity contribution in [1.29, 1.82) is 0 Å². The molecule has 0 radical (unpaired) electrons. The van der Waals surface area contributed by atoms with Crippen LogP contribution in [0.3, 0.4) is 0 Å². The molecule has 0 spiro atoms. The summed E-state index contributed by atoms with van der Waals surface area (Å²) in [5, 5.41) is 0.701. The van der Waals surface area contributed by atoms with Gasteiger partial charge in [-0.2, -0.15) is 0 Å². The molecule has 1 fully saturated rings. The zero-order valence-electron chi connectivity index (χ0n) is 13.0. The second-order valence-electron chi connectivity index (χ2n) is 5.56. The van der Waals surface area contributed by atoms with Crippen LogP contribution in [0.25, 0.3) is 0 Å². The Morgan fingerprint density at radius 3 is 2.42 bits per heavy atom. The van der Waals surface area contributed by atoms with Crippen LogP contribution in [0.5, 0.6) is 0 Å². The first kappa shape index (κ1) is 16.3. The third-order valence-corrected chi connectivity index (χ3v) is 4.24. The number of nitrogens with zero attached hydrogens (tertiary/aromatic N) is 3. The van der Waals surface area contributed by atoms with Gasteiger partial charge in [0.05, 0.1) is 5.56 Å². The molecule has 2 aromatic rings. The number of nitrogens with two attached hydrogens (primary N) is 1. The first-order valence-corrected chi connectivity index (χ1v) is 7.98. The quantitative estimate of drug-likeness (QED) is 0.920. The number of rotatable bonds is 3. The highest BCUT2D eigenvalue weighted by Crippen LogP contribution is 2.21. The Kier molecular flexibility index (Phi) is 4.66. The average molecular weight is 345 g/mol. The lowest BCUT2D eigenvalue weighted by Crippen LogP contribution is -2.48.